The lowest BCUT2D eigenvalue weighted by molar-refractivity contribution is -0.131. The highest BCUT2D eigenvalue weighted by Gasteiger charge is 2.34. The molecule has 0 atom stereocenters. The molecule has 82 valence electrons. The van der Waals surface area contributed by atoms with Crippen LogP contribution in [0.4, 0.5) is 0 Å². The molecule has 1 fully saturated rings. The predicted octanol–water partition coefficient (Wildman–Crippen LogP) is -0.0253. The Hall–Kier alpha value is -0.130. The van der Waals surface area contributed by atoms with Crippen LogP contribution in [0.1, 0.15) is 12.8 Å². The van der Waals surface area contributed by atoms with E-state index in [2.05, 4.69) is 15.9 Å². The Bertz CT molecular complexity index is 196. The molecule has 0 aromatic carbocycles. The van der Waals surface area contributed by atoms with Gasteiger partial charge >= 0.3 is 0 Å². The highest BCUT2D eigenvalue weighted by atomic mass is 79.9. The van der Waals surface area contributed by atoms with Gasteiger partial charge < -0.3 is 15.1 Å². The van der Waals surface area contributed by atoms with Gasteiger partial charge in [0, 0.05) is 18.5 Å². The Balaban J connectivity index is 2.48. The molecule has 0 aromatic rings. The van der Waals surface area contributed by atoms with Crippen molar-refractivity contribution in [2.45, 2.75) is 12.8 Å². The summed E-state index contributed by atoms with van der Waals surface area (Å²) < 4.78 is 0. The molecule has 2 N–H and O–H groups in total. The zero-order chi connectivity index (χ0) is 10.6. The van der Waals surface area contributed by atoms with Crippen LogP contribution in [0.2, 0.25) is 0 Å². The third-order valence-electron chi connectivity index (χ3n) is 2.96. The van der Waals surface area contributed by atoms with Crippen LogP contribution >= 0.6 is 15.9 Å². The number of hydrogen-bond donors (Lipinski definition) is 2. The topological polar surface area (TPSA) is 60.8 Å². The zero-order valence-electron chi connectivity index (χ0n) is 8.08. The van der Waals surface area contributed by atoms with E-state index in [9.17, 15) is 4.79 Å². The molecular formula is C9H16BrNO3. The summed E-state index contributed by atoms with van der Waals surface area (Å²) in [6.45, 7) is 1.26. The van der Waals surface area contributed by atoms with E-state index in [1.54, 1.807) is 4.90 Å². The minimum Gasteiger partial charge on any atom is -0.396 e. The molecule has 0 bridgehead atoms. The number of likely N-dealkylation sites (tertiary alicyclic amines) is 1. The van der Waals surface area contributed by atoms with E-state index in [-0.39, 0.29) is 24.5 Å². The Morgan fingerprint density at radius 1 is 1.29 bits per heavy atom. The molecule has 0 aromatic heterocycles. The van der Waals surface area contributed by atoms with E-state index in [1.807, 2.05) is 0 Å². The van der Waals surface area contributed by atoms with Crippen molar-refractivity contribution in [1.29, 1.82) is 0 Å². The van der Waals surface area contributed by atoms with Crippen LogP contribution in [0.3, 0.4) is 0 Å². The van der Waals surface area contributed by atoms with Crippen molar-refractivity contribution < 1.29 is 15.0 Å². The quantitative estimate of drug-likeness (QED) is 0.705. The molecule has 0 unspecified atom stereocenters. The first kappa shape index (κ1) is 11.9. The number of piperidine rings is 1. The maximum absolute atomic E-state index is 11.3. The third kappa shape index (κ3) is 2.46. The standard InChI is InChI=1S/C9H16BrNO3/c10-5-8(14)11-3-1-9(6-12,7-13)2-4-11/h12-13H,1-7H2. The normalized spacial score (nSPS) is 20.9. The second-order valence-electron chi connectivity index (χ2n) is 3.83. The van der Waals surface area contributed by atoms with Crippen LogP contribution in [0.25, 0.3) is 0 Å². The summed E-state index contributed by atoms with van der Waals surface area (Å²) in [5, 5.41) is 18.6. The van der Waals surface area contributed by atoms with Crippen molar-refractivity contribution in [2.75, 3.05) is 31.6 Å². The fourth-order valence-electron chi connectivity index (χ4n) is 1.68. The Morgan fingerprint density at radius 2 is 1.79 bits per heavy atom. The van der Waals surface area contributed by atoms with Crippen LogP contribution in [0, 0.1) is 5.41 Å². The average Bonchev–Trinajstić information content (AvgIpc) is 2.28. The number of alkyl halides is 1. The second-order valence-corrected chi connectivity index (χ2v) is 4.39. The summed E-state index contributed by atoms with van der Waals surface area (Å²) in [5.41, 5.74) is -0.372. The molecule has 4 nitrogen and oxygen atoms in total. The molecule has 1 heterocycles. The summed E-state index contributed by atoms with van der Waals surface area (Å²) >= 11 is 3.12. The molecule has 5 heteroatoms. The molecule has 1 rings (SSSR count). The van der Waals surface area contributed by atoms with Crippen molar-refractivity contribution in [3.05, 3.63) is 0 Å². The number of carbonyl (C=O) groups is 1. The van der Waals surface area contributed by atoms with Crippen molar-refractivity contribution in [2.24, 2.45) is 5.41 Å². The first-order valence-corrected chi connectivity index (χ1v) is 5.85. The van der Waals surface area contributed by atoms with Gasteiger partial charge in [0.15, 0.2) is 0 Å². The van der Waals surface area contributed by atoms with Gasteiger partial charge in [-0.3, -0.25) is 4.79 Å². The lowest BCUT2D eigenvalue weighted by Gasteiger charge is -2.39. The molecule has 0 spiro atoms. The van der Waals surface area contributed by atoms with Crippen molar-refractivity contribution in [3.8, 4) is 0 Å². The van der Waals surface area contributed by atoms with Crippen molar-refractivity contribution >= 4 is 21.8 Å². The highest BCUT2D eigenvalue weighted by Crippen LogP contribution is 2.30. The highest BCUT2D eigenvalue weighted by molar-refractivity contribution is 9.09. The van der Waals surface area contributed by atoms with Gasteiger partial charge in [-0.15, -0.1) is 0 Å². The molecule has 1 saturated heterocycles. The molecule has 0 aliphatic carbocycles. The molecular weight excluding hydrogens is 250 g/mol. The summed E-state index contributed by atoms with van der Waals surface area (Å²) in [6, 6.07) is 0. The van der Waals surface area contributed by atoms with Gasteiger partial charge in [-0.1, -0.05) is 15.9 Å². The number of carbonyl (C=O) groups excluding carboxylic acids is 1. The number of nitrogens with zero attached hydrogens (tertiary/aromatic N) is 1. The predicted molar refractivity (Wildman–Crippen MR) is 56.2 cm³/mol. The Kier molecular flexibility index (Phi) is 4.34. The van der Waals surface area contributed by atoms with E-state index in [4.69, 9.17) is 10.2 Å². The SMILES string of the molecule is O=C(CBr)N1CCC(CO)(CO)CC1. The van der Waals surface area contributed by atoms with Crippen LogP contribution in [0.5, 0.6) is 0 Å². The first-order valence-electron chi connectivity index (χ1n) is 4.73. The fourth-order valence-corrected chi connectivity index (χ4v) is 2.04. The maximum Gasteiger partial charge on any atom is 0.233 e. The lowest BCUT2D eigenvalue weighted by Crippen LogP contribution is -2.46. The van der Waals surface area contributed by atoms with Gasteiger partial charge in [0.2, 0.25) is 5.91 Å². The first-order chi connectivity index (χ1) is 6.67. The lowest BCUT2D eigenvalue weighted by atomic mass is 9.80. The smallest absolute Gasteiger partial charge is 0.233 e. The van der Waals surface area contributed by atoms with Gasteiger partial charge in [0.05, 0.1) is 18.5 Å². The number of halogens is 1. The van der Waals surface area contributed by atoms with E-state index < -0.39 is 0 Å². The van der Waals surface area contributed by atoms with Gasteiger partial charge in [0.25, 0.3) is 0 Å². The zero-order valence-corrected chi connectivity index (χ0v) is 9.66. The number of aliphatic hydroxyl groups is 2. The van der Waals surface area contributed by atoms with E-state index in [0.29, 0.717) is 31.3 Å². The second kappa shape index (κ2) is 5.09. The van der Waals surface area contributed by atoms with Crippen molar-refractivity contribution in [1.82, 2.24) is 4.90 Å². The monoisotopic (exact) mass is 265 g/mol. The van der Waals surface area contributed by atoms with E-state index in [1.165, 1.54) is 0 Å². The average molecular weight is 266 g/mol. The molecule has 1 amide bonds. The number of amides is 1. The summed E-state index contributed by atoms with van der Waals surface area (Å²) in [6.07, 6.45) is 1.36. The van der Waals surface area contributed by atoms with Crippen LogP contribution in [0.15, 0.2) is 0 Å². The number of rotatable bonds is 3. The summed E-state index contributed by atoms with van der Waals surface area (Å²) in [4.78, 5) is 13.1. The van der Waals surface area contributed by atoms with Crippen LogP contribution in [-0.2, 0) is 4.79 Å². The maximum atomic E-state index is 11.3. The largest absolute Gasteiger partial charge is 0.396 e. The van der Waals surface area contributed by atoms with E-state index in [0.717, 1.165) is 0 Å². The Labute approximate surface area is 92.0 Å². The molecule has 0 saturated carbocycles. The Morgan fingerprint density at radius 3 is 2.14 bits per heavy atom. The molecule has 14 heavy (non-hydrogen) atoms. The van der Waals surface area contributed by atoms with Gasteiger partial charge in [-0.25, -0.2) is 0 Å². The number of hydrogen-bond acceptors (Lipinski definition) is 3. The summed E-state index contributed by atoms with van der Waals surface area (Å²) in [7, 11) is 0. The number of aliphatic hydroxyl groups excluding tert-OH is 2. The van der Waals surface area contributed by atoms with Gasteiger partial charge in [-0.2, -0.15) is 0 Å². The minimum absolute atomic E-state index is 0.000156. The van der Waals surface area contributed by atoms with Crippen LogP contribution < -0.4 is 0 Å². The fraction of sp³-hybridized carbons (Fsp3) is 0.889. The molecule has 1 aliphatic rings. The molecule has 1 aliphatic heterocycles. The third-order valence-corrected chi connectivity index (χ3v) is 3.44. The van der Waals surface area contributed by atoms with Gasteiger partial charge in [-0.05, 0) is 12.8 Å². The van der Waals surface area contributed by atoms with E-state index >= 15 is 0 Å². The molecule has 0 radical (unpaired) electrons. The van der Waals surface area contributed by atoms with Crippen molar-refractivity contribution in [3.63, 3.8) is 0 Å². The summed E-state index contributed by atoms with van der Waals surface area (Å²) in [5.74, 6) is 0.0782. The van der Waals surface area contributed by atoms with Gasteiger partial charge in [0.1, 0.15) is 0 Å². The minimum atomic E-state index is -0.372. The van der Waals surface area contributed by atoms with Crippen LogP contribution in [-0.4, -0.2) is 52.7 Å².